The highest BCUT2D eigenvalue weighted by molar-refractivity contribution is 5.38. The van der Waals surface area contributed by atoms with Crippen molar-refractivity contribution in [3.8, 4) is 0 Å². The molecule has 19 heavy (non-hydrogen) atoms. The van der Waals surface area contributed by atoms with Gasteiger partial charge in [0.2, 0.25) is 0 Å². The predicted octanol–water partition coefficient (Wildman–Crippen LogP) is 2.70. The third kappa shape index (κ3) is 3.80. The van der Waals surface area contributed by atoms with Crippen LogP contribution in [0.4, 0.5) is 0 Å². The molecular formula is C17H28N2. The summed E-state index contributed by atoms with van der Waals surface area (Å²) in [5.74, 6) is 0.853. The SMILES string of the molecule is Cc1ccc(CCN(C)CC2CCNC2)c(C)c1C. The Morgan fingerprint density at radius 1 is 1.21 bits per heavy atom. The van der Waals surface area contributed by atoms with Gasteiger partial charge >= 0.3 is 0 Å². The minimum absolute atomic E-state index is 0.853. The maximum absolute atomic E-state index is 3.45. The van der Waals surface area contributed by atoms with Crippen molar-refractivity contribution < 1.29 is 0 Å². The number of nitrogens with one attached hydrogen (secondary N) is 1. The van der Waals surface area contributed by atoms with Gasteiger partial charge in [-0.1, -0.05) is 12.1 Å². The molecule has 1 fully saturated rings. The van der Waals surface area contributed by atoms with E-state index in [2.05, 4.69) is 50.2 Å². The van der Waals surface area contributed by atoms with E-state index in [1.165, 1.54) is 61.3 Å². The molecule has 2 nitrogen and oxygen atoms in total. The molecule has 1 aliphatic rings. The molecule has 0 amide bonds. The van der Waals surface area contributed by atoms with Gasteiger partial charge in [-0.2, -0.15) is 0 Å². The average molecular weight is 260 g/mol. The number of nitrogens with zero attached hydrogens (tertiary/aromatic N) is 1. The molecule has 2 rings (SSSR count). The molecule has 0 bridgehead atoms. The number of benzene rings is 1. The molecule has 2 heteroatoms. The Morgan fingerprint density at radius 3 is 2.68 bits per heavy atom. The normalized spacial score (nSPS) is 19.3. The Bertz CT molecular complexity index is 420. The second kappa shape index (κ2) is 6.53. The van der Waals surface area contributed by atoms with Crippen molar-refractivity contribution >= 4 is 0 Å². The third-order valence-electron chi connectivity index (χ3n) is 4.67. The van der Waals surface area contributed by atoms with Crippen LogP contribution in [0.25, 0.3) is 0 Å². The molecule has 1 N–H and O–H groups in total. The molecule has 1 heterocycles. The maximum atomic E-state index is 3.45. The summed E-state index contributed by atoms with van der Waals surface area (Å²) in [4.78, 5) is 2.49. The van der Waals surface area contributed by atoms with E-state index in [-0.39, 0.29) is 0 Å². The minimum atomic E-state index is 0.853. The summed E-state index contributed by atoms with van der Waals surface area (Å²) >= 11 is 0. The first-order valence-electron chi connectivity index (χ1n) is 7.53. The largest absolute Gasteiger partial charge is 0.316 e. The Balaban J connectivity index is 1.86. The van der Waals surface area contributed by atoms with Crippen molar-refractivity contribution in [2.75, 3.05) is 33.2 Å². The molecular weight excluding hydrogens is 232 g/mol. The quantitative estimate of drug-likeness (QED) is 0.875. The van der Waals surface area contributed by atoms with Gasteiger partial charge in [0.25, 0.3) is 0 Å². The Kier molecular flexibility index (Phi) is 5.00. The van der Waals surface area contributed by atoms with Crippen LogP contribution in [0.1, 0.15) is 28.7 Å². The summed E-state index contributed by atoms with van der Waals surface area (Å²) in [6.45, 7) is 11.5. The van der Waals surface area contributed by atoms with Crippen molar-refractivity contribution in [3.63, 3.8) is 0 Å². The average Bonchev–Trinajstić information content (AvgIpc) is 2.88. The first-order chi connectivity index (χ1) is 9.08. The minimum Gasteiger partial charge on any atom is -0.316 e. The smallest absolute Gasteiger partial charge is 0.00193 e. The van der Waals surface area contributed by atoms with Crippen LogP contribution in [0.5, 0.6) is 0 Å². The van der Waals surface area contributed by atoms with Crippen LogP contribution in [-0.2, 0) is 6.42 Å². The van der Waals surface area contributed by atoms with E-state index >= 15 is 0 Å². The summed E-state index contributed by atoms with van der Waals surface area (Å²) in [7, 11) is 2.26. The number of hydrogen-bond acceptors (Lipinski definition) is 2. The molecule has 0 saturated carbocycles. The highest BCUT2D eigenvalue weighted by Crippen LogP contribution is 2.18. The fourth-order valence-corrected chi connectivity index (χ4v) is 3.00. The van der Waals surface area contributed by atoms with Crippen LogP contribution < -0.4 is 5.32 Å². The highest BCUT2D eigenvalue weighted by Gasteiger charge is 2.16. The fraction of sp³-hybridized carbons (Fsp3) is 0.647. The fourth-order valence-electron chi connectivity index (χ4n) is 3.00. The number of likely N-dealkylation sites (N-methyl/N-ethyl adjacent to an activating group) is 1. The third-order valence-corrected chi connectivity index (χ3v) is 4.67. The van der Waals surface area contributed by atoms with Crippen molar-refractivity contribution in [1.82, 2.24) is 10.2 Å². The number of rotatable bonds is 5. The van der Waals surface area contributed by atoms with Gasteiger partial charge in [-0.15, -0.1) is 0 Å². The molecule has 0 radical (unpaired) electrons. The molecule has 0 spiro atoms. The molecule has 1 aliphatic heterocycles. The van der Waals surface area contributed by atoms with Gasteiger partial charge in [-0.25, -0.2) is 0 Å². The van der Waals surface area contributed by atoms with Crippen LogP contribution in [0.15, 0.2) is 12.1 Å². The van der Waals surface area contributed by atoms with Crippen LogP contribution in [-0.4, -0.2) is 38.1 Å². The first-order valence-corrected chi connectivity index (χ1v) is 7.53. The van der Waals surface area contributed by atoms with Gasteiger partial charge in [-0.05, 0) is 81.9 Å². The monoisotopic (exact) mass is 260 g/mol. The van der Waals surface area contributed by atoms with E-state index in [4.69, 9.17) is 0 Å². The van der Waals surface area contributed by atoms with Gasteiger partial charge in [-0.3, -0.25) is 0 Å². The van der Waals surface area contributed by atoms with Crippen molar-refractivity contribution in [1.29, 1.82) is 0 Å². The van der Waals surface area contributed by atoms with E-state index in [1.807, 2.05) is 0 Å². The Labute approximate surface area is 118 Å². The molecule has 1 saturated heterocycles. The van der Waals surface area contributed by atoms with E-state index < -0.39 is 0 Å². The van der Waals surface area contributed by atoms with E-state index in [9.17, 15) is 0 Å². The Morgan fingerprint density at radius 2 is 2.00 bits per heavy atom. The van der Waals surface area contributed by atoms with Crippen molar-refractivity contribution in [3.05, 3.63) is 34.4 Å². The summed E-state index contributed by atoms with van der Waals surface area (Å²) in [6.07, 6.45) is 2.51. The van der Waals surface area contributed by atoms with Crippen LogP contribution >= 0.6 is 0 Å². The van der Waals surface area contributed by atoms with E-state index in [0.717, 1.165) is 5.92 Å². The molecule has 0 aromatic heterocycles. The zero-order valence-electron chi connectivity index (χ0n) is 12.9. The van der Waals surface area contributed by atoms with Gasteiger partial charge in [0.1, 0.15) is 0 Å². The molecule has 1 atom stereocenters. The molecule has 0 aliphatic carbocycles. The summed E-state index contributed by atoms with van der Waals surface area (Å²) in [5, 5.41) is 3.45. The van der Waals surface area contributed by atoms with Crippen LogP contribution in [0.2, 0.25) is 0 Å². The van der Waals surface area contributed by atoms with E-state index in [1.54, 1.807) is 0 Å². The van der Waals surface area contributed by atoms with Crippen molar-refractivity contribution in [2.24, 2.45) is 5.92 Å². The lowest BCUT2D eigenvalue weighted by molar-refractivity contribution is 0.288. The van der Waals surface area contributed by atoms with Gasteiger partial charge < -0.3 is 10.2 Å². The van der Waals surface area contributed by atoms with Gasteiger partial charge in [0.15, 0.2) is 0 Å². The maximum Gasteiger partial charge on any atom is 0.00193 e. The predicted molar refractivity (Wildman–Crippen MR) is 82.8 cm³/mol. The topological polar surface area (TPSA) is 15.3 Å². The van der Waals surface area contributed by atoms with Crippen molar-refractivity contribution in [2.45, 2.75) is 33.6 Å². The molecule has 1 unspecified atom stereocenters. The van der Waals surface area contributed by atoms with Gasteiger partial charge in [0.05, 0.1) is 0 Å². The van der Waals surface area contributed by atoms with E-state index in [0.29, 0.717) is 0 Å². The van der Waals surface area contributed by atoms with Crippen LogP contribution in [0.3, 0.4) is 0 Å². The van der Waals surface area contributed by atoms with Crippen LogP contribution in [0, 0.1) is 26.7 Å². The number of hydrogen-bond donors (Lipinski definition) is 1. The molecule has 1 aromatic carbocycles. The lowest BCUT2D eigenvalue weighted by atomic mass is 9.97. The standard InChI is InChI=1S/C17H28N2/c1-13-5-6-17(15(3)14(13)2)8-10-19(4)12-16-7-9-18-11-16/h5-6,16,18H,7-12H2,1-4H3. The second-order valence-electron chi connectivity index (χ2n) is 6.16. The number of aryl methyl sites for hydroxylation is 1. The molecule has 1 aromatic rings. The zero-order chi connectivity index (χ0) is 13.8. The highest BCUT2D eigenvalue weighted by atomic mass is 15.1. The first kappa shape index (κ1) is 14.5. The summed E-state index contributed by atoms with van der Waals surface area (Å²) in [6, 6.07) is 4.57. The second-order valence-corrected chi connectivity index (χ2v) is 6.16. The zero-order valence-corrected chi connectivity index (χ0v) is 12.9. The van der Waals surface area contributed by atoms with Gasteiger partial charge in [0, 0.05) is 13.1 Å². The Hall–Kier alpha value is -0.860. The lowest BCUT2D eigenvalue weighted by Crippen LogP contribution is -2.29. The summed E-state index contributed by atoms with van der Waals surface area (Å²) < 4.78 is 0. The lowest BCUT2D eigenvalue weighted by Gasteiger charge is -2.21. The summed E-state index contributed by atoms with van der Waals surface area (Å²) in [5.41, 5.74) is 5.86. The molecule has 106 valence electrons.